The van der Waals surface area contributed by atoms with E-state index in [1.165, 1.54) is 24.3 Å². The van der Waals surface area contributed by atoms with E-state index in [0.29, 0.717) is 18.7 Å². The van der Waals surface area contributed by atoms with E-state index >= 15 is 0 Å². The number of carbonyl (C=O) groups excluding carboxylic acids is 1. The smallest absolute Gasteiger partial charge is 0.224 e. The van der Waals surface area contributed by atoms with Crippen molar-refractivity contribution in [2.75, 3.05) is 19.3 Å². The standard InChI is InChI=1S/C15H21FN2O3S/c1-22(20,21)17-14(12-5-7-13(16)8-6-12)11-15(19)18-9-3-2-4-10-18/h5-8,14,17H,2-4,9-11H2,1H3. The second kappa shape index (κ2) is 7.19. The average Bonchev–Trinajstić information content (AvgIpc) is 2.47. The lowest BCUT2D eigenvalue weighted by atomic mass is 10.0. The van der Waals surface area contributed by atoms with Crippen LogP contribution in [0, 0.1) is 5.82 Å². The molecule has 1 fully saturated rings. The van der Waals surface area contributed by atoms with Gasteiger partial charge < -0.3 is 4.90 Å². The molecule has 2 rings (SSSR count). The first-order valence-corrected chi connectivity index (χ1v) is 9.25. The van der Waals surface area contributed by atoms with Gasteiger partial charge in [-0.15, -0.1) is 0 Å². The summed E-state index contributed by atoms with van der Waals surface area (Å²) in [6.45, 7) is 1.43. The zero-order valence-corrected chi connectivity index (χ0v) is 13.4. The highest BCUT2D eigenvalue weighted by atomic mass is 32.2. The number of benzene rings is 1. The average molecular weight is 328 g/mol. The van der Waals surface area contributed by atoms with Crippen molar-refractivity contribution in [2.24, 2.45) is 0 Å². The number of likely N-dealkylation sites (tertiary alicyclic amines) is 1. The summed E-state index contributed by atoms with van der Waals surface area (Å²) in [5, 5.41) is 0. The molecule has 1 aromatic rings. The van der Waals surface area contributed by atoms with E-state index in [9.17, 15) is 17.6 Å². The van der Waals surface area contributed by atoms with E-state index in [1.807, 2.05) is 0 Å². The fraction of sp³-hybridized carbons (Fsp3) is 0.533. The highest BCUT2D eigenvalue weighted by molar-refractivity contribution is 7.88. The quantitative estimate of drug-likeness (QED) is 0.896. The van der Waals surface area contributed by atoms with E-state index < -0.39 is 21.9 Å². The summed E-state index contributed by atoms with van der Waals surface area (Å²) in [7, 11) is -3.47. The number of sulfonamides is 1. The molecular formula is C15H21FN2O3S. The minimum absolute atomic E-state index is 0.0404. The monoisotopic (exact) mass is 328 g/mol. The molecule has 1 amide bonds. The molecule has 22 heavy (non-hydrogen) atoms. The van der Waals surface area contributed by atoms with Gasteiger partial charge in [-0.3, -0.25) is 4.79 Å². The summed E-state index contributed by atoms with van der Waals surface area (Å²) in [5.74, 6) is -0.477. The first-order chi connectivity index (χ1) is 10.3. The third-order valence-electron chi connectivity index (χ3n) is 3.72. The maximum atomic E-state index is 13.0. The Kier molecular flexibility index (Phi) is 5.52. The molecule has 1 heterocycles. The predicted octanol–water partition coefficient (Wildman–Crippen LogP) is 1.82. The normalized spacial score (nSPS) is 17.3. The topological polar surface area (TPSA) is 66.5 Å². The second-order valence-electron chi connectivity index (χ2n) is 5.64. The van der Waals surface area contributed by atoms with Crippen molar-refractivity contribution >= 4 is 15.9 Å². The minimum atomic E-state index is -3.47. The van der Waals surface area contributed by atoms with E-state index in [1.54, 1.807) is 4.90 Å². The summed E-state index contributed by atoms with van der Waals surface area (Å²) >= 11 is 0. The largest absolute Gasteiger partial charge is 0.343 e. The SMILES string of the molecule is CS(=O)(=O)NC(CC(=O)N1CCCCC1)c1ccc(F)cc1. The van der Waals surface area contributed by atoms with Crippen LogP contribution in [0.2, 0.25) is 0 Å². The van der Waals surface area contributed by atoms with Gasteiger partial charge in [0, 0.05) is 19.5 Å². The Labute approximate surface area is 130 Å². The number of halogens is 1. The van der Waals surface area contributed by atoms with Crippen LogP contribution in [-0.2, 0) is 14.8 Å². The molecule has 0 radical (unpaired) electrons. The van der Waals surface area contributed by atoms with Crippen LogP contribution in [-0.4, -0.2) is 38.6 Å². The summed E-state index contributed by atoms with van der Waals surface area (Å²) in [4.78, 5) is 14.1. The van der Waals surface area contributed by atoms with Gasteiger partial charge in [-0.2, -0.15) is 0 Å². The van der Waals surface area contributed by atoms with Crippen molar-refractivity contribution in [2.45, 2.75) is 31.7 Å². The molecular weight excluding hydrogens is 307 g/mol. The molecule has 0 spiro atoms. The number of nitrogens with one attached hydrogen (secondary N) is 1. The molecule has 1 unspecified atom stereocenters. The van der Waals surface area contributed by atoms with E-state index in [4.69, 9.17) is 0 Å². The van der Waals surface area contributed by atoms with E-state index in [2.05, 4.69) is 4.72 Å². The van der Waals surface area contributed by atoms with Crippen LogP contribution in [0.5, 0.6) is 0 Å². The van der Waals surface area contributed by atoms with Gasteiger partial charge in [0.05, 0.1) is 12.3 Å². The van der Waals surface area contributed by atoms with Crippen molar-refractivity contribution < 1.29 is 17.6 Å². The molecule has 1 aliphatic heterocycles. The van der Waals surface area contributed by atoms with Gasteiger partial charge in [-0.1, -0.05) is 12.1 Å². The third-order valence-corrected chi connectivity index (χ3v) is 4.43. The van der Waals surface area contributed by atoms with Gasteiger partial charge in [0.1, 0.15) is 5.82 Å². The van der Waals surface area contributed by atoms with Crippen LogP contribution in [0.15, 0.2) is 24.3 Å². The fourth-order valence-corrected chi connectivity index (χ4v) is 3.36. The van der Waals surface area contributed by atoms with Crippen LogP contribution in [0.3, 0.4) is 0 Å². The molecule has 0 aromatic heterocycles. The van der Waals surface area contributed by atoms with Crippen molar-refractivity contribution in [1.82, 2.24) is 9.62 Å². The van der Waals surface area contributed by atoms with Crippen molar-refractivity contribution in [3.63, 3.8) is 0 Å². The lowest BCUT2D eigenvalue weighted by Gasteiger charge is -2.28. The maximum absolute atomic E-state index is 13.0. The molecule has 0 bridgehead atoms. The number of nitrogens with zero attached hydrogens (tertiary/aromatic N) is 1. The van der Waals surface area contributed by atoms with Crippen molar-refractivity contribution in [1.29, 1.82) is 0 Å². The number of piperidine rings is 1. The highest BCUT2D eigenvalue weighted by Crippen LogP contribution is 2.21. The number of hydrogen-bond donors (Lipinski definition) is 1. The summed E-state index contributed by atoms with van der Waals surface area (Å²) < 4.78 is 38.6. The third kappa shape index (κ3) is 5.06. The molecule has 0 aliphatic carbocycles. The molecule has 1 aliphatic rings. The van der Waals surface area contributed by atoms with Crippen molar-refractivity contribution in [3.05, 3.63) is 35.6 Å². The number of amides is 1. The zero-order valence-electron chi connectivity index (χ0n) is 12.6. The van der Waals surface area contributed by atoms with Gasteiger partial charge in [0.15, 0.2) is 0 Å². The van der Waals surface area contributed by atoms with Gasteiger partial charge in [-0.05, 0) is 37.0 Å². The van der Waals surface area contributed by atoms with E-state index in [-0.39, 0.29) is 12.3 Å². The molecule has 1 aromatic carbocycles. The van der Waals surface area contributed by atoms with Crippen LogP contribution in [0.4, 0.5) is 4.39 Å². The van der Waals surface area contributed by atoms with Gasteiger partial charge in [-0.25, -0.2) is 17.5 Å². The summed E-state index contributed by atoms with van der Waals surface area (Å²) in [6, 6.07) is 4.85. The number of rotatable bonds is 5. The highest BCUT2D eigenvalue weighted by Gasteiger charge is 2.24. The van der Waals surface area contributed by atoms with Gasteiger partial charge >= 0.3 is 0 Å². The zero-order chi connectivity index (χ0) is 16.2. The van der Waals surface area contributed by atoms with E-state index in [0.717, 1.165) is 25.5 Å². The van der Waals surface area contributed by atoms with Gasteiger partial charge in [0.2, 0.25) is 15.9 Å². The lowest BCUT2D eigenvalue weighted by molar-refractivity contribution is -0.132. The Hall–Kier alpha value is -1.47. The lowest BCUT2D eigenvalue weighted by Crippen LogP contribution is -2.38. The Balaban J connectivity index is 2.13. The Morgan fingerprint density at radius 3 is 2.36 bits per heavy atom. The predicted molar refractivity (Wildman–Crippen MR) is 82.2 cm³/mol. The first-order valence-electron chi connectivity index (χ1n) is 7.36. The van der Waals surface area contributed by atoms with Gasteiger partial charge in [0.25, 0.3) is 0 Å². The Morgan fingerprint density at radius 2 is 1.82 bits per heavy atom. The summed E-state index contributed by atoms with van der Waals surface area (Å²) in [5.41, 5.74) is 0.581. The van der Waals surface area contributed by atoms with Crippen LogP contribution in [0.25, 0.3) is 0 Å². The molecule has 0 saturated carbocycles. The minimum Gasteiger partial charge on any atom is -0.343 e. The van der Waals surface area contributed by atoms with Crippen LogP contribution in [0.1, 0.15) is 37.3 Å². The maximum Gasteiger partial charge on any atom is 0.224 e. The molecule has 122 valence electrons. The first kappa shape index (κ1) is 16.9. The van der Waals surface area contributed by atoms with Crippen molar-refractivity contribution in [3.8, 4) is 0 Å². The Bertz CT molecular complexity index is 610. The molecule has 1 saturated heterocycles. The number of hydrogen-bond acceptors (Lipinski definition) is 3. The van der Waals surface area contributed by atoms with Crippen LogP contribution < -0.4 is 4.72 Å². The molecule has 1 atom stereocenters. The molecule has 5 nitrogen and oxygen atoms in total. The molecule has 1 N–H and O–H groups in total. The fourth-order valence-electron chi connectivity index (χ4n) is 2.63. The van der Waals surface area contributed by atoms with Crippen LogP contribution >= 0.6 is 0 Å². The second-order valence-corrected chi connectivity index (χ2v) is 7.42. The number of carbonyl (C=O) groups is 1. The molecule has 7 heteroatoms. The Morgan fingerprint density at radius 1 is 1.23 bits per heavy atom. The summed E-state index contributed by atoms with van der Waals surface area (Å²) in [6.07, 6.45) is 4.17.